The van der Waals surface area contributed by atoms with Gasteiger partial charge in [0.15, 0.2) is 5.16 Å². The van der Waals surface area contributed by atoms with E-state index in [-0.39, 0.29) is 0 Å². The fourth-order valence-corrected chi connectivity index (χ4v) is 1.53. The Morgan fingerprint density at radius 2 is 2.15 bits per heavy atom. The van der Waals surface area contributed by atoms with Crippen molar-refractivity contribution in [3.05, 3.63) is 6.20 Å². The molecule has 13 heavy (non-hydrogen) atoms. The molecule has 2 heterocycles. The van der Waals surface area contributed by atoms with Gasteiger partial charge >= 0.3 is 0 Å². The summed E-state index contributed by atoms with van der Waals surface area (Å²) in [6, 6.07) is 0. The van der Waals surface area contributed by atoms with Crippen LogP contribution >= 0.6 is 11.8 Å². The molecule has 0 saturated heterocycles. The van der Waals surface area contributed by atoms with Crippen LogP contribution in [0.25, 0.3) is 11.0 Å². The van der Waals surface area contributed by atoms with Crippen LogP contribution in [0.4, 0.5) is 11.5 Å². The molecule has 0 amide bonds. The lowest BCUT2D eigenvalue weighted by Crippen LogP contribution is -1.96. The Balaban J connectivity index is 2.79. The number of rotatable bonds is 1. The highest BCUT2D eigenvalue weighted by molar-refractivity contribution is 7.98. The maximum atomic E-state index is 5.71. The van der Waals surface area contributed by atoms with Crippen molar-refractivity contribution >= 4 is 34.3 Å². The second-order valence-corrected chi connectivity index (χ2v) is 3.34. The largest absolute Gasteiger partial charge is 0.397 e. The highest BCUT2D eigenvalue weighted by atomic mass is 32.2. The Labute approximate surface area is 78.9 Å². The Morgan fingerprint density at radius 1 is 1.38 bits per heavy atom. The highest BCUT2D eigenvalue weighted by Gasteiger charge is 2.08. The van der Waals surface area contributed by atoms with Crippen molar-refractivity contribution in [3.63, 3.8) is 0 Å². The molecule has 0 unspecified atom stereocenters. The van der Waals surface area contributed by atoms with Crippen LogP contribution in [0.15, 0.2) is 11.4 Å². The third-order valence-electron chi connectivity index (χ3n) is 1.75. The van der Waals surface area contributed by atoms with E-state index in [9.17, 15) is 0 Å². The predicted octanol–water partition coefficient (Wildman–Crippen LogP) is 0.844. The topological polar surface area (TPSA) is 93.6 Å². The summed E-state index contributed by atoms with van der Waals surface area (Å²) in [4.78, 5) is 11.2. The van der Waals surface area contributed by atoms with E-state index in [4.69, 9.17) is 11.5 Å². The van der Waals surface area contributed by atoms with E-state index < -0.39 is 0 Å². The van der Waals surface area contributed by atoms with E-state index in [0.717, 1.165) is 0 Å². The summed E-state index contributed by atoms with van der Waals surface area (Å²) in [6.07, 6.45) is 3.56. The normalized spacial score (nSPS) is 10.8. The van der Waals surface area contributed by atoms with Gasteiger partial charge in [-0.1, -0.05) is 11.8 Å². The number of nitrogen functional groups attached to an aromatic ring is 2. The summed E-state index contributed by atoms with van der Waals surface area (Å²) in [5.74, 6) is 0.424. The second-order valence-electron chi connectivity index (χ2n) is 2.56. The smallest absolute Gasteiger partial charge is 0.191 e. The van der Waals surface area contributed by atoms with Gasteiger partial charge in [-0.25, -0.2) is 9.97 Å². The summed E-state index contributed by atoms with van der Waals surface area (Å²) in [5.41, 5.74) is 12.7. The van der Waals surface area contributed by atoms with Crippen molar-refractivity contribution in [2.24, 2.45) is 0 Å². The molecule has 0 saturated carbocycles. The first-order valence-corrected chi connectivity index (χ1v) is 4.89. The number of hydrogen-bond acceptors (Lipinski definition) is 5. The zero-order chi connectivity index (χ0) is 9.42. The van der Waals surface area contributed by atoms with Crippen LogP contribution in [-0.2, 0) is 0 Å². The van der Waals surface area contributed by atoms with Crippen LogP contribution in [-0.4, -0.2) is 21.2 Å². The molecule has 5 nitrogen and oxygen atoms in total. The molecule has 0 radical (unpaired) electrons. The number of aromatic nitrogens is 3. The summed E-state index contributed by atoms with van der Waals surface area (Å²) < 4.78 is 0. The van der Waals surface area contributed by atoms with Crippen LogP contribution in [0, 0.1) is 0 Å². The Morgan fingerprint density at radius 3 is 2.85 bits per heavy atom. The first-order chi connectivity index (χ1) is 6.22. The molecular weight excluding hydrogens is 186 g/mol. The van der Waals surface area contributed by atoms with Crippen LogP contribution in [0.5, 0.6) is 0 Å². The molecule has 0 bridgehead atoms. The van der Waals surface area contributed by atoms with Crippen molar-refractivity contribution in [3.8, 4) is 0 Å². The van der Waals surface area contributed by atoms with Gasteiger partial charge in [-0.05, 0) is 6.26 Å². The molecule has 0 aliphatic carbocycles. The SMILES string of the molecule is CSc1nc(N)c2c(N)c[nH]c2n1. The molecule has 5 N–H and O–H groups in total. The molecule has 6 heteroatoms. The molecule has 2 aromatic heterocycles. The fourth-order valence-electron chi connectivity index (χ4n) is 1.16. The average Bonchev–Trinajstić information content (AvgIpc) is 2.48. The van der Waals surface area contributed by atoms with E-state index in [1.165, 1.54) is 11.8 Å². The molecule has 2 aromatic rings. The van der Waals surface area contributed by atoms with Gasteiger partial charge in [0.2, 0.25) is 0 Å². The van der Waals surface area contributed by atoms with E-state index in [0.29, 0.717) is 27.7 Å². The molecule has 0 aromatic carbocycles. The van der Waals surface area contributed by atoms with Gasteiger partial charge in [0.25, 0.3) is 0 Å². The van der Waals surface area contributed by atoms with Gasteiger partial charge in [0.05, 0.1) is 11.1 Å². The first-order valence-electron chi connectivity index (χ1n) is 3.66. The average molecular weight is 195 g/mol. The van der Waals surface area contributed by atoms with Gasteiger partial charge in [-0.2, -0.15) is 0 Å². The van der Waals surface area contributed by atoms with Crippen molar-refractivity contribution in [1.82, 2.24) is 15.0 Å². The number of anilines is 2. The Hall–Kier alpha value is -1.43. The second kappa shape index (κ2) is 2.81. The maximum absolute atomic E-state index is 5.71. The number of nitrogens with zero attached hydrogens (tertiary/aromatic N) is 2. The zero-order valence-corrected chi connectivity index (χ0v) is 7.85. The molecular formula is C7H9N5S. The zero-order valence-electron chi connectivity index (χ0n) is 7.03. The van der Waals surface area contributed by atoms with Crippen molar-refractivity contribution in [1.29, 1.82) is 0 Å². The minimum absolute atomic E-state index is 0.424. The summed E-state index contributed by atoms with van der Waals surface area (Å²) in [6.45, 7) is 0. The lowest BCUT2D eigenvalue weighted by atomic mass is 10.3. The van der Waals surface area contributed by atoms with E-state index in [1.807, 2.05) is 6.26 Å². The van der Waals surface area contributed by atoms with Gasteiger partial charge in [0.1, 0.15) is 11.5 Å². The number of nitrogens with two attached hydrogens (primary N) is 2. The quantitative estimate of drug-likeness (QED) is 0.463. The van der Waals surface area contributed by atoms with E-state index in [1.54, 1.807) is 6.20 Å². The number of H-pyrrole nitrogens is 1. The standard InChI is InChI=1S/C7H9N5S/c1-13-7-11-5(9)4-3(8)2-10-6(4)12-7/h2H,8H2,1H3,(H3,9,10,11,12). The number of aromatic amines is 1. The lowest BCUT2D eigenvalue weighted by Gasteiger charge is -1.99. The van der Waals surface area contributed by atoms with Gasteiger partial charge < -0.3 is 16.5 Å². The highest BCUT2D eigenvalue weighted by Crippen LogP contribution is 2.25. The lowest BCUT2D eigenvalue weighted by molar-refractivity contribution is 1.01. The van der Waals surface area contributed by atoms with E-state index in [2.05, 4.69) is 15.0 Å². The summed E-state index contributed by atoms with van der Waals surface area (Å²) in [7, 11) is 0. The van der Waals surface area contributed by atoms with Crippen molar-refractivity contribution < 1.29 is 0 Å². The van der Waals surface area contributed by atoms with E-state index >= 15 is 0 Å². The molecule has 2 rings (SSSR count). The minimum Gasteiger partial charge on any atom is -0.397 e. The van der Waals surface area contributed by atoms with Crippen molar-refractivity contribution in [2.75, 3.05) is 17.7 Å². The maximum Gasteiger partial charge on any atom is 0.191 e. The first kappa shape index (κ1) is 8.18. The summed E-state index contributed by atoms with van der Waals surface area (Å²) >= 11 is 1.44. The predicted molar refractivity (Wildman–Crippen MR) is 54.5 cm³/mol. The molecule has 0 spiro atoms. The van der Waals surface area contributed by atoms with Crippen LogP contribution in [0.1, 0.15) is 0 Å². The van der Waals surface area contributed by atoms with Crippen molar-refractivity contribution in [2.45, 2.75) is 5.16 Å². The Bertz CT molecular complexity index is 449. The molecule has 0 atom stereocenters. The van der Waals surface area contributed by atoms with Crippen LogP contribution < -0.4 is 11.5 Å². The number of hydrogen-bond donors (Lipinski definition) is 3. The minimum atomic E-state index is 0.424. The molecule has 68 valence electrons. The van der Waals surface area contributed by atoms with Gasteiger partial charge in [-0.15, -0.1) is 0 Å². The molecule has 0 aliphatic rings. The number of nitrogens with one attached hydrogen (secondary N) is 1. The molecule has 0 aliphatic heterocycles. The summed E-state index contributed by atoms with van der Waals surface area (Å²) in [5, 5.41) is 1.35. The Kier molecular flexibility index (Phi) is 1.77. The van der Waals surface area contributed by atoms with Gasteiger partial charge in [0, 0.05) is 6.20 Å². The van der Waals surface area contributed by atoms with Crippen LogP contribution in [0.2, 0.25) is 0 Å². The fraction of sp³-hybridized carbons (Fsp3) is 0.143. The van der Waals surface area contributed by atoms with Crippen LogP contribution in [0.3, 0.4) is 0 Å². The third kappa shape index (κ3) is 1.19. The number of fused-ring (bicyclic) bond motifs is 1. The number of thioether (sulfide) groups is 1. The third-order valence-corrected chi connectivity index (χ3v) is 2.30. The van der Waals surface area contributed by atoms with Gasteiger partial charge in [-0.3, -0.25) is 0 Å². The molecule has 0 fully saturated rings. The monoisotopic (exact) mass is 195 g/mol.